The van der Waals surface area contributed by atoms with Gasteiger partial charge >= 0.3 is 0 Å². The Morgan fingerprint density at radius 1 is 0.795 bits per heavy atom. The number of carbonyl (C=O) groups excluding carboxylic acids is 1. The molecular formula is C25H22N4O8S2. The van der Waals surface area contributed by atoms with Gasteiger partial charge in [0.05, 0.1) is 38.0 Å². The number of nitrogens with one attached hydrogen (secondary N) is 1. The third-order valence-corrected chi connectivity index (χ3v) is 7.44. The highest BCUT2D eigenvalue weighted by atomic mass is 32.2. The molecule has 0 bridgehead atoms. The summed E-state index contributed by atoms with van der Waals surface area (Å²) in [5, 5.41) is 8.23. The van der Waals surface area contributed by atoms with Crippen LogP contribution in [0.25, 0.3) is 11.8 Å². The molecule has 4 rings (SSSR count). The molecular weight excluding hydrogens is 548 g/mol. The van der Waals surface area contributed by atoms with Gasteiger partial charge in [-0.25, -0.2) is 4.68 Å². The molecule has 3 N–H and O–H groups in total. The van der Waals surface area contributed by atoms with Crippen molar-refractivity contribution in [2.24, 2.45) is 5.10 Å². The normalized spacial score (nSPS) is 15.7. The second-order valence-electron chi connectivity index (χ2n) is 8.36. The standard InChI is InChI=1S/C25H22N4O8S2/c1-16-22(24(30)28(26-16)18-8-12-20(13-9-18)38(32,33)34)6-4-3-5-7-23-17(2)27-29(25(23)31)19-10-14-21(15-11-19)39(35,36)37/h3-15,26H,1-2H3,(H,32,33,34)(H,35,36,37)/b5-3?,6-4?,23-7-. The molecule has 0 unspecified atom stereocenters. The molecule has 1 aromatic heterocycles. The van der Waals surface area contributed by atoms with Crippen molar-refractivity contribution in [3.8, 4) is 5.69 Å². The number of allylic oxidation sites excluding steroid dienone is 4. The molecule has 12 nitrogen and oxygen atoms in total. The minimum Gasteiger partial charge on any atom is -0.295 e. The average Bonchev–Trinajstić information content (AvgIpc) is 3.32. The highest BCUT2D eigenvalue weighted by molar-refractivity contribution is 7.86. The number of hydrazone groups is 1. The van der Waals surface area contributed by atoms with Gasteiger partial charge in [0, 0.05) is 5.69 Å². The Balaban J connectivity index is 1.48. The van der Waals surface area contributed by atoms with Crippen LogP contribution >= 0.6 is 0 Å². The van der Waals surface area contributed by atoms with Crippen molar-refractivity contribution in [3.63, 3.8) is 0 Å². The smallest absolute Gasteiger partial charge is 0.294 e. The number of anilines is 1. The quantitative estimate of drug-likeness (QED) is 0.220. The third kappa shape index (κ3) is 5.88. The van der Waals surface area contributed by atoms with E-state index in [-0.39, 0.29) is 15.4 Å². The van der Waals surface area contributed by atoms with Crippen LogP contribution in [0.1, 0.15) is 18.2 Å². The van der Waals surface area contributed by atoms with Gasteiger partial charge in [0.1, 0.15) is 0 Å². The van der Waals surface area contributed by atoms with Crippen LogP contribution in [-0.2, 0) is 25.0 Å². The second kappa shape index (κ2) is 10.4. The van der Waals surface area contributed by atoms with Crippen LogP contribution in [0.4, 0.5) is 5.69 Å². The van der Waals surface area contributed by atoms with Gasteiger partial charge in [-0.3, -0.25) is 23.8 Å². The summed E-state index contributed by atoms with van der Waals surface area (Å²) in [5.74, 6) is -0.426. The van der Waals surface area contributed by atoms with E-state index in [4.69, 9.17) is 9.11 Å². The lowest BCUT2D eigenvalue weighted by Gasteiger charge is -2.11. The minimum absolute atomic E-state index is 0.291. The van der Waals surface area contributed by atoms with E-state index in [0.717, 1.165) is 5.01 Å². The summed E-state index contributed by atoms with van der Waals surface area (Å²) in [6, 6.07) is 10.2. The van der Waals surface area contributed by atoms with E-state index < -0.39 is 26.1 Å². The largest absolute Gasteiger partial charge is 0.295 e. The first-order chi connectivity index (χ1) is 18.3. The Kier molecular flexibility index (Phi) is 7.39. The Labute approximate surface area is 223 Å². The van der Waals surface area contributed by atoms with Crippen molar-refractivity contribution >= 4 is 43.6 Å². The van der Waals surface area contributed by atoms with Crippen LogP contribution in [0.3, 0.4) is 0 Å². The monoisotopic (exact) mass is 570 g/mol. The van der Waals surface area contributed by atoms with Gasteiger partial charge in [0.2, 0.25) is 0 Å². The first kappa shape index (κ1) is 27.7. The number of amides is 1. The number of aromatic amines is 1. The Morgan fingerprint density at radius 3 is 1.87 bits per heavy atom. The van der Waals surface area contributed by atoms with Crippen LogP contribution in [0, 0.1) is 6.92 Å². The maximum atomic E-state index is 12.8. The zero-order valence-corrected chi connectivity index (χ0v) is 22.1. The van der Waals surface area contributed by atoms with Gasteiger partial charge in [-0.2, -0.15) is 26.9 Å². The molecule has 1 aliphatic rings. The molecule has 0 radical (unpaired) electrons. The molecule has 1 aliphatic heterocycles. The summed E-state index contributed by atoms with van der Waals surface area (Å²) in [6.45, 7) is 3.35. The molecule has 0 fully saturated rings. The number of nitrogens with zero attached hydrogens (tertiary/aromatic N) is 3. The number of rotatable bonds is 7. The van der Waals surface area contributed by atoms with Crippen molar-refractivity contribution in [1.29, 1.82) is 0 Å². The van der Waals surface area contributed by atoms with E-state index in [2.05, 4.69) is 10.2 Å². The predicted molar refractivity (Wildman–Crippen MR) is 144 cm³/mol. The van der Waals surface area contributed by atoms with Gasteiger partial charge in [0.25, 0.3) is 31.7 Å². The van der Waals surface area contributed by atoms with E-state index >= 15 is 0 Å². The number of aryl methyl sites for hydroxylation is 1. The highest BCUT2D eigenvalue weighted by Crippen LogP contribution is 2.25. The SMILES string of the molecule is CC1=NN(c2ccc(S(=O)(=O)O)cc2)C(=O)/C1=C\C=CC=Cc1c(C)[nH]n(-c2ccc(S(=O)(=O)O)cc2)c1=O. The minimum atomic E-state index is -4.36. The number of hydrogen-bond donors (Lipinski definition) is 3. The van der Waals surface area contributed by atoms with E-state index in [1.807, 2.05) is 0 Å². The first-order valence-corrected chi connectivity index (χ1v) is 14.1. The molecule has 0 atom stereocenters. The Morgan fingerprint density at radius 2 is 1.33 bits per heavy atom. The Hall–Kier alpha value is -4.37. The van der Waals surface area contributed by atoms with E-state index in [9.17, 15) is 26.4 Å². The van der Waals surface area contributed by atoms with Gasteiger partial charge in [0.15, 0.2) is 0 Å². The van der Waals surface area contributed by atoms with Crippen LogP contribution in [0.15, 0.2) is 98.1 Å². The summed E-state index contributed by atoms with van der Waals surface area (Å²) in [5.41, 5.74) is 2.00. The first-order valence-electron chi connectivity index (χ1n) is 11.2. The van der Waals surface area contributed by atoms with Gasteiger partial charge < -0.3 is 0 Å². The summed E-state index contributed by atoms with van der Waals surface area (Å²) < 4.78 is 64.4. The van der Waals surface area contributed by atoms with Gasteiger partial charge in [-0.05, 0) is 74.5 Å². The molecule has 202 valence electrons. The summed E-state index contributed by atoms with van der Waals surface area (Å²) in [7, 11) is -8.71. The molecule has 14 heteroatoms. The molecule has 0 spiro atoms. The van der Waals surface area contributed by atoms with Crippen molar-refractivity contribution < 1.29 is 30.7 Å². The zero-order valence-electron chi connectivity index (χ0n) is 20.5. The van der Waals surface area contributed by atoms with Crippen LogP contribution in [-0.4, -0.2) is 47.3 Å². The highest BCUT2D eigenvalue weighted by Gasteiger charge is 2.28. The maximum Gasteiger partial charge on any atom is 0.294 e. The fourth-order valence-electron chi connectivity index (χ4n) is 3.72. The van der Waals surface area contributed by atoms with Crippen LogP contribution in [0.2, 0.25) is 0 Å². The number of aromatic nitrogens is 2. The van der Waals surface area contributed by atoms with E-state index in [1.54, 1.807) is 44.2 Å². The summed E-state index contributed by atoms with van der Waals surface area (Å²) >= 11 is 0. The van der Waals surface area contributed by atoms with Crippen molar-refractivity contribution in [2.75, 3.05) is 5.01 Å². The number of hydrogen-bond acceptors (Lipinski definition) is 7. The topological polar surface area (TPSA) is 179 Å². The average molecular weight is 571 g/mol. The van der Waals surface area contributed by atoms with Crippen molar-refractivity contribution in [2.45, 2.75) is 23.6 Å². The second-order valence-corrected chi connectivity index (χ2v) is 11.2. The predicted octanol–water partition coefficient (Wildman–Crippen LogP) is 2.89. The third-order valence-electron chi connectivity index (χ3n) is 5.70. The van der Waals surface area contributed by atoms with Crippen molar-refractivity contribution in [1.82, 2.24) is 9.78 Å². The number of benzene rings is 2. The van der Waals surface area contributed by atoms with Gasteiger partial charge in [-0.1, -0.05) is 18.2 Å². The molecule has 2 heterocycles. The van der Waals surface area contributed by atoms with E-state index in [1.165, 1.54) is 53.2 Å². The molecule has 0 saturated heterocycles. The molecule has 0 saturated carbocycles. The van der Waals surface area contributed by atoms with Gasteiger partial charge in [-0.15, -0.1) is 0 Å². The van der Waals surface area contributed by atoms with E-state index in [0.29, 0.717) is 33.9 Å². The van der Waals surface area contributed by atoms with Crippen molar-refractivity contribution in [3.05, 3.63) is 100 Å². The molecule has 3 aromatic rings. The van der Waals surface area contributed by atoms with Crippen LogP contribution < -0.4 is 10.6 Å². The molecule has 1 amide bonds. The van der Waals surface area contributed by atoms with Crippen LogP contribution in [0.5, 0.6) is 0 Å². The number of carbonyl (C=O) groups is 1. The number of H-pyrrole nitrogens is 1. The maximum absolute atomic E-state index is 12.8. The lowest BCUT2D eigenvalue weighted by Crippen LogP contribution is -2.21. The summed E-state index contributed by atoms with van der Waals surface area (Å²) in [4.78, 5) is 25.1. The summed E-state index contributed by atoms with van der Waals surface area (Å²) in [6.07, 6.45) is 7.96. The Bertz CT molecular complexity index is 1840. The fraction of sp³-hybridized carbons (Fsp3) is 0.0800. The molecule has 0 aliphatic carbocycles. The lowest BCUT2D eigenvalue weighted by molar-refractivity contribution is -0.114. The molecule has 2 aromatic carbocycles. The fourth-order valence-corrected chi connectivity index (χ4v) is 4.68. The lowest BCUT2D eigenvalue weighted by atomic mass is 10.1. The molecule has 39 heavy (non-hydrogen) atoms. The zero-order chi connectivity index (χ0) is 28.5.